The van der Waals surface area contributed by atoms with Crippen molar-refractivity contribution in [1.29, 1.82) is 0 Å². The fourth-order valence-corrected chi connectivity index (χ4v) is 1.98. The number of benzene rings is 1. The lowest BCUT2D eigenvalue weighted by atomic mass is 10.1. The SMILES string of the molecule is Cc1cccc(=O)n1Cc1cc(F)cc(C#CCN)c1. The number of rotatable bonds is 2. The molecule has 0 radical (unpaired) electrons. The Morgan fingerprint density at radius 3 is 2.80 bits per heavy atom. The zero-order valence-corrected chi connectivity index (χ0v) is 11.2. The maximum absolute atomic E-state index is 13.6. The minimum atomic E-state index is -0.370. The van der Waals surface area contributed by atoms with E-state index in [-0.39, 0.29) is 17.9 Å². The molecule has 102 valence electrons. The van der Waals surface area contributed by atoms with Crippen molar-refractivity contribution in [2.24, 2.45) is 5.73 Å². The Balaban J connectivity index is 2.39. The van der Waals surface area contributed by atoms with Crippen LogP contribution >= 0.6 is 0 Å². The van der Waals surface area contributed by atoms with Crippen LogP contribution in [-0.2, 0) is 6.54 Å². The first-order valence-corrected chi connectivity index (χ1v) is 6.25. The van der Waals surface area contributed by atoms with E-state index in [4.69, 9.17) is 5.73 Å². The summed E-state index contributed by atoms with van der Waals surface area (Å²) in [7, 11) is 0. The highest BCUT2D eigenvalue weighted by molar-refractivity contribution is 5.38. The Labute approximate surface area is 116 Å². The fraction of sp³-hybridized carbons (Fsp3) is 0.188. The van der Waals surface area contributed by atoms with E-state index in [1.54, 1.807) is 16.7 Å². The molecule has 0 saturated carbocycles. The van der Waals surface area contributed by atoms with Gasteiger partial charge in [-0.1, -0.05) is 17.9 Å². The Morgan fingerprint density at radius 2 is 2.10 bits per heavy atom. The maximum Gasteiger partial charge on any atom is 0.251 e. The van der Waals surface area contributed by atoms with Gasteiger partial charge in [-0.3, -0.25) is 4.79 Å². The van der Waals surface area contributed by atoms with Crippen LogP contribution < -0.4 is 11.3 Å². The molecule has 2 rings (SSSR count). The van der Waals surface area contributed by atoms with Gasteiger partial charge in [0.2, 0.25) is 0 Å². The number of aromatic nitrogens is 1. The van der Waals surface area contributed by atoms with Gasteiger partial charge in [-0.05, 0) is 36.8 Å². The van der Waals surface area contributed by atoms with Crippen molar-refractivity contribution in [3.8, 4) is 11.8 Å². The van der Waals surface area contributed by atoms with E-state index < -0.39 is 0 Å². The molecule has 3 nitrogen and oxygen atoms in total. The topological polar surface area (TPSA) is 48.0 Å². The van der Waals surface area contributed by atoms with E-state index >= 15 is 0 Å². The highest BCUT2D eigenvalue weighted by atomic mass is 19.1. The van der Waals surface area contributed by atoms with Crippen LogP contribution in [0.3, 0.4) is 0 Å². The molecule has 0 saturated heterocycles. The second-order valence-corrected chi connectivity index (χ2v) is 4.45. The van der Waals surface area contributed by atoms with Crippen LogP contribution in [0, 0.1) is 24.6 Å². The van der Waals surface area contributed by atoms with E-state index in [2.05, 4.69) is 11.8 Å². The third-order valence-electron chi connectivity index (χ3n) is 2.90. The normalized spacial score (nSPS) is 9.95. The number of aryl methyl sites for hydroxylation is 1. The van der Waals surface area contributed by atoms with Crippen LogP contribution in [0.2, 0.25) is 0 Å². The first-order valence-electron chi connectivity index (χ1n) is 6.25. The standard InChI is InChI=1S/C16H15FN2O/c1-12-4-2-6-16(20)19(12)11-14-8-13(5-3-7-18)9-15(17)10-14/h2,4,6,8-10H,7,11,18H2,1H3. The van der Waals surface area contributed by atoms with Gasteiger partial charge in [0, 0.05) is 17.3 Å². The van der Waals surface area contributed by atoms with Gasteiger partial charge in [0.05, 0.1) is 13.1 Å². The third kappa shape index (κ3) is 3.34. The quantitative estimate of drug-likeness (QED) is 0.844. The van der Waals surface area contributed by atoms with Crippen molar-refractivity contribution in [2.45, 2.75) is 13.5 Å². The minimum absolute atomic E-state index is 0.108. The average molecular weight is 270 g/mol. The Hall–Kier alpha value is -2.38. The molecule has 1 aromatic carbocycles. The molecule has 0 amide bonds. The first-order chi connectivity index (χ1) is 9.60. The van der Waals surface area contributed by atoms with Crippen LogP contribution in [-0.4, -0.2) is 11.1 Å². The summed E-state index contributed by atoms with van der Waals surface area (Å²) < 4.78 is 15.2. The molecule has 0 bridgehead atoms. The highest BCUT2D eigenvalue weighted by Gasteiger charge is 2.04. The Bertz CT molecular complexity index is 738. The lowest BCUT2D eigenvalue weighted by Crippen LogP contribution is -2.21. The Kier molecular flexibility index (Phi) is 4.34. The van der Waals surface area contributed by atoms with Gasteiger partial charge in [-0.2, -0.15) is 0 Å². The molecule has 0 aliphatic rings. The van der Waals surface area contributed by atoms with Crippen LogP contribution in [0.25, 0.3) is 0 Å². The minimum Gasteiger partial charge on any atom is -0.320 e. The van der Waals surface area contributed by atoms with Crippen molar-refractivity contribution >= 4 is 0 Å². The van der Waals surface area contributed by atoms with Crippen molar-refractivity contribution in [1.82, 2.24) is 4.57 Å². The van der Waals surface area contributed by atoms with Crippen LogP contribution in [0.1, 0.15) is 16.8 Å². The monoisotopic (exact) mass is 270 g/mol. The predicted octanol–water partition coefficient (Wildman–Crippen LogP) is 1.65. The van der Waals surface area contributed by atoms with Crippen molar-refractivity contribution in [2.75, 3.05) is 6.54 Å². The molecular formula is C16H15FN2O. The van der Waals surface area contributed by atoms with Gasteiger partial charge >= 0.3 is 0 Å². The van der Waals surface area contributed by atoms with E-state index in [0.29, 0.717) is 17.7 Å². The fourth-order valence-electron chi connectivity index (χ4n) is 1.98. The highest BCUT2D eigenvalue weighted by Crippen LogP contribution is 2.10. The largest absolute Gasteiger partial charge is 0.320 e. The summed E-state index contributed by atoms with van der Waals surface area (Å²) in [5.74, 6) is 5.12. The summed E-state index contributed by atoms with van der Waals surface area (Å²) >= 11 is 0. The zero-order chi connectivity index (χ0) is 14.5. The summed E-state index contributed by atoms with van der Waals surface area (Å²) in [6, 6.07) is 9.57. The molecule has 4 heteroatoms. The number of pyridine rings is 1. The maximum atomic E-state index is 13.6. The summed E-state index contributed by atoms with van der Waals surface area (Å²) in [6.45, 7) is 2.39. The van der Waals surface area contributed by atoms with Gasteiger partial charge in [0.1, 0.15) is 5.82 Å². The summed E-state index contributed by atoms with van der Waals surface area (Å²) in [5.41, 5.74) is 7.28. The van der Waals surface area contributed by atoms with Gasteiger partial charge in [-0.15, -0.1) is 0 Å². The van der Waals surface area contributed by atoms with Gasteiger partial charge in [0.25, 0.3) is 5.56 Å². The van der Waals surface area contributed by atoms with Crippen molar-refractivity contribution in [3.05, 3.63) is 69.4 Å². The zero-order valence-electron chi connectivity index (χ0n) is 11.2. The molecule has 20 heavy (non-hydrogen) atoms. The van der Waals surface area contributed by atoms with Crippen molar-refractivity contribution < 1.29 is 4.39 Å². The van der Waals surface area contributed by atoms with E-state index in [1.165, 1.54) is 18.2 Å². The van der Waals surface area contributed by atoms with Crippen LogP contribution in [0.4, 0.5) is 4.39 Å². The second kappa shape index (κ2) is 6.18. The summed E-state index contributed by atoms with van der Waals surface area (Å²) in [5, 5.41) is 0. The van der Waals surface area contributed by atoms with Gasteiger partial charge < -0.3 is 10.3 Å². The van der Waals surface area contributed by atoms with E-state index in [0.717, 1.165) is 5.69 Å². The number of nitrogens with two attached hydrogens (primary N) is 1. The summed E-state index contributed by atoms with van der Waals surface area (Å²) in [4.78, 5) is 11.8. The molecule has 2 aromatic rings. The average Bonchev–Trinajstić information content (AvgIpc) is 2.40. The molecule has 0 atom stereocenters. The molecule has 0 fully saturated rings. The molecule has 2 N–H and O–H groups in total. The van der Waals surface area contributed by atoms with Gasteiger partial charge in [-0.25, -0.2) is 4.39 Å². The molecule has 0 aliphatic carbocycles. The number of hydrogen-bond acceptors (Lipinski definition) is 2. The first kappa shape index (κ1) is 14.0. The van der Waals surface area contributed by atoms with Crippen molar-refractivity contribution in [3.63, 3.8) is 0 Å². The molecular weight excluding hydrogens is 255 g/mol. The number of halogens is 1. The number of nitrogens with zero attached hydrogens (tertiary/aromatic N) is 1. The van der Waals surface area contributed by atoms with Gasteiger partial charge in [0.15, 0.2) is 0 Å². The lowest BCUT2D eigenvalue weighted by Gasteiger charge is -2.10. The molecule has 0 unspecified atom stereocenters. The summed E-state index contributed by atoms with van der Waals surface area (Å²) in [6.07, 6.45) is 0. The molecule has 0 spiro atoms. The van der Waals surface area contributed by atoms with E-state index in [1.807, 2.05) is 13.0 Å². The second-order valence-electron chi connectivity index (χ2n) is 4.45. The molecule has 1 aromatic heterocycles. The number of hydrogen-bond donors (Lipinski definition) is 1. The lowest BCUT2D eigenvalue weighted by molar-refractivity contribution is 0.621. The molecule has 1 heterocycles. The Morgan fingerprint density at radius 1 is 1.30 bits per heavy atom. The molecule has 0 aliphatic heterocycles. The van der Waals surface area contributed by atoms with E-state index in [9.17, 15) is 9.18 Å². The third-order valence-corrected chi connectivity index (χ3v) is 2.90. The smallest absolute Gasteiger partial charge is 0.251 e. The predicted molar refractivity (Wildman–Crippen MR) is 76.9 cm³/mol. The van der Waals surface area contributed by atoms with Crippen LogP contribution in [0.15, 0.2) is 41.2 Å². The van der Waals surface area contributed by atoms with Crippen LogP contribution in [0.5, 0.6) is 0 Å².